The highest BCUT2D eigenvalue weighted by Gasteiger charge is 2.24. The molecule has 0 bridgehead atoms. The first kappa shape index (κ1) is 12.2. The quantitative estimate of drug-likeness (QED) is 0.832. The summed E-state index contributed by atoms with van der Waals surface area (Å²) in [6.45, 7) is 4.53. The van der Waals surface area contributed by atoms with Crippen molar-refractivity contribution in [1.29, 1.82) is 0 Å². The molecular weight excluding hydrogens is 240 g/mol. The minimum absolute atomic E-state index is 0.369. The molecule has 0 amide bonds. The maximum absolute atomic E-state index is 5.89. The smallest absolute Gasteiger partial charge is 0.140 e. The summed E-state index contributed by atoms with van der Waals surface area (Å²) in [4.78, 5) is 11.1. The molecule has 0 spiro atoms. The van der Waals surface area contributed by atoms with Crippen LogP contribution in [0.1, 0.15) is 13.3 Å². The summed E-state index contributed by atoms with van der Waals surface area (Å²) in [5.74, 6) is 0.965. The molecule has 2 heterocycles. The normalized spacial score (nSPS) is 19.8. The number of morpholine rings is 1. The number of nitrogens with two attached hydrogens (primary N) is 1. The molecule has 2 N–H and O–H groups in total. The average molecular weight is 258 g/mol. The number of aromatic nitrogens is 2. The van der Waals surface area contributed by atoms with Gasteiger partial charge in [0.05, 0.1) is 24.8 Å². The Morgan fingerprint density at radius 2 is 2.32 bits per heavy atom. The Bertz CT molecular complexity index is 587. The van der Waals surface area contributed by atoms with Gasteiger partial charge in [-0.1, -0.05) is 6.92 Å². The monoisotopic (exact) mass is 258 g/mol. The van der Waals surface area contributed by atoms with Crippen LogP contribution in [0.15, 0.2) is 24.5 Å². The molecular formula is C14H18N4O. The minimum Gasteiger partial charge on any atom is -0.399 e. The summed E-state index contributed by atoms with van der Waals surface area (Å²) in [6, 6.07) is 6.13. The van der Waals surface area contributed by atoms with E-state index in [1.165, 1.54) is 0 Å². The van der Waals surface area contributed by atoms with Crippen LogP contribution >= 0.6 is 0 Å². The zero-order valence-corrected chi connectivity index (χ0v) is 11.0. The number of anilines is 2. The van der Waals surface area contributed by atoms with Crippen molar-refractivity contribution in [1.82, 2.24) is 9.97 Å². The molecule has 1 aromatic heterocycles. The van der Waals surface area contributed by atoms with E-state index in [4.69, 9.17) is 10.5 Å². The molecule has 100 valence electrons. The first-order valence-corrected chi connectivity index (χ1v) is 6.64. The Morgan fingerprint density at radius 3 is 3.16 bits per heavy atom. The third kappa shape index (κ3) is 2.21. The maximum Gasteiger partial charge on any atom is 0.140 e. The van der Waals surface area contributed by atoms with E-state index in [-0.39, 0.29) is 0 Å². The molecule has 1 unspecified atom stereocenters. The van der Waals surface area contributed by atoms with E-state index in [2.05, 4.69) is 21.8 Å². The molecule has 2 aromatic rings. The van der Waals surface area contributed by atoms with Crippen LogP contribution < -0.4 is 10.6 Å². The van der Waals surface area contributed by atoms with E-state index < -0.39 is 0 Å². The molecule has 0 saturated carbocycles. The van der Waals surface area contributed by atoms with Crippen LogP contribution in [0.4, 0.5) is 11.5 Å². The van der Waals surface area contributed by atoms with Crippen molar-refractivity contribution >= 4 is 22.4 Å². The molecule has 0 radical (unpaired) electrons. The fourth-order valence-electron chi connectivity index (χ4n) is 2.56. The van der Waals surface area contributed by atoms with Crippen LogP contribution in [0.25, 0.3) is 10.9 Å². The predicted molar refractivity (Wildman–Crippen MR) is 76.2 cm³/mol. The lowest BCUT2D eigenvalue weighted by atomic mass is 10.1. The zero-order valence-electron chi connectivity index (χ0n) is 11.0. The van der Waals surface area contributed by atoms with Crippen molar-refractivity contribution in [2.24, 2.45) is 0 Å². The van der Waals surface area contributed by atoms with E-state index in [0.717, 1.165) is 48.6 Å². The van der Waals surface area contributed by atoms with Gasteiger partial charge < -0.3 is 15.4 Å². The second-order valence-corrected chi connectivity index (χ2v) is 4.80. The van der Waals surface area contributed by atoms with Crippen molar-refractivity contribution in [3.63, 3.8) is 0 Å². The van der Waals surface area contributed by atoms with Crippen molar-refractivity contribution in [2.45, 2.75) is 19.4 Å². The highest BCUT2D eigenvalue weighted by Crippen LogP contribution is 2.28. The van der Waals surface area contributed by atoms with Crippen molar-refractivity contribution in [3.05, 3.63) is 24.5 Å². The van der Waals surface area contributed by atoms with Crippen LogP contribution in [0.3, 0.4) is 0 Å². The van der Waals surface area contributed by atoms with E-state index in [0.29, 0.717) is 6.04 Å². The summed E-state index contributed by atoms with van der Waals surface area (Å²) in [5.41, 5.74) is 7.56. The van der Waals surface area contributed by atoms with Gasteiger partial charge in [0.2, 0.25) is 0 Å². The average Bonchev–Trinajstić information content (AvgIpc) is 2.46. The summed E-state index contributed by atoms with van der Waals surface area (Å²) in [5, 5.41) is 1.02. The predicted octanol–water partition coefficient (Wildman–Crippen LogP) is 1.83. The van der Waals surface area contributed by atoms with Crippen molar-refractivity contribution in [3.8, 4) is 0 Å². The number of benzene rings is 1. The highest BCUT2D eigenvalue weighted by atomic mass is 16.5. The SMILES string of the molecule is CCC1COCCN1c1ncnc2ccc(N)cc12. The molecule has 1 aromatic carbocycles. The Balaban J connectivity index is 2.10. The highest BCUT2D eigenvalue weighted by molar-refractivity contribution is 5.91. The molecule has 5 heteroatoms. The molecule has 1 aliphatic rings. The number of ether oxygens (including phenoxy) is 1. The van der Waals surface area contributed by atoms with Gasteiger partial charge in [0.1, 0.15) is 12.1 Å². The second kappa shape index (κ2) is 5.01. The van der Waals surface area contributed by atoms with Crippen LogP contribution in [-0.4, -0.2) is 35.8 Å². The van der Waals surface area contributed by atoms with Gasteiger partial charge in [-0.2, -0.15) is 0 Å². The molecule has 19 heavy (non-hydrogen) atoms. The summed E-state index contributed by atoms with van der Waals surface area (Å²) in [6.07, 6.45) is 2.66. The van der Waals surface area contributed by atoms with Crippen LogP contribution in [0.2, 0.25) is 0 Å². The lowest BCUT2D eigenvalue weighted by Gasteiger charge is -2.36. The maximum atomic E-state index is 5.89. The van der Waals surface area contributed by atoms with Gasteiger partial charge in [-0.05, 0) is 24.6 Å². The number of nitrogens with zero attached hydrogens (tertiary/aromatic N) is 3. The van der Waals surface area contributed by atoms with Crippen molar-refractivity contribution in [2.75, 3.05) is 30.4 Å². The molecule has 1 aliphatic heterocycles. The van der Waals surface area contributed by atoms with Gasteiger partial charge >= 0.3 is 0 Å². The molecule has 1 atom stereocenters. The zero-order chi connectivity index (χ0) is 13.2. The standard InChI is InChI=1S/C14H18N4O/c1-2-11-8-19-6-5-18(11)14-12-7-10(15)3-4-13(12)16-9-17-14/h3-4,7,9,11H,2,5-6,8,15H2,1H3. The lowest BCUT2D eigenvalue weighted by molar-refractivity contribution is 0.0927. The van der Waals surface area contributed by atoms with Crippen LogP contribution in [0.5, 0.6) is 0 Å². The third-order valence-electron chi connectivity index (χ3n) is 3.61. The van der Waals surface area contributed by atoms with Gasteiger partial charge in [0.25, 0.3) is 0 Å². The van der Waals surface area contributed by atoms with E-state index in [1.54, 1.807) is 6.33 Å². The fourth-order valence-corrected chi connectivity index (χ4v) is 2.56. The second-order valence-electron chi connectivity index (χ2n) is 4.80. The number of fused-ring (bicyclic) bond motifs is 1. The number of rotatable bonds is 2. The fraction of sp³-hybridized carbons (Fsp3) is 0.429. The van der Waals surface area contributed by atoms with E-state index >= 15 is 0 Å². The summed E-state index contributed by atoms with van der Waals surface area (Å²) in [7, 11) is 0. The molecule has 5 nitrogen and oxygen atoms in total. The Morgan fingerprint density at radius 1 is 1.42 bits per heavy atom. The number of nitrogen functional groups attached to an aromatic ring is 1. The lowest BCUT2D eigenvalue weighted by Crippen LogP contribution is -2.45. The van der Waals surface area contributed by atoms with Gasteiger partial charge in [-0.3, -0.25) is 0 Å². The Labute approximate surface area is 112 Å². The third-order valence-corrected chi connectivity index (χ3v) is 3.61. The van der Waals surface area contributed by atoms with Gasteiger partial charge in [0, 0.05) is 17.6 Å². The largest absolute Gasteiger partial charge is 0.399 e. The number of hydrogen-bond acceptors (Lipinski definition) is 5. The van der Waals surface area contributed by atoms with Gasteiger partial charge in [-0.25, -0.2) is 9.97 Å². The minimum atomic E-state index is 0.369. The first-order chi connectivity index (χ1) is 9.29. The molecule has 0 aliphatic carbocycles. The Hall–Kier alpha value is -1.88. The van der Waals surface area contributed by atoms with E-state index in [9.17, 15) is 0 Å². The summed E-state index contributed by atoms with van der Waals surface area (Å²) < 4.78 is 5.55. The molecule has 3 rings (SSSR count). The van der Waals surface area contributed by atoms with E-state index in [1.807, 2.05) is 18.2 Å². The Kier molecular flexibility index (Phi) is 3.21. The van der Waals surface area contributed by atoms with Gasteiger partial charge in [0.15, 0.2) is 0 Å². The van der Waals surface area contributed by atoms with Crippen LogP contribution in [0, 0.1) is 0 Å². The van der Waals surface area contributed by atoms with Crippen molar-refractivity contribution < 1.29 is 4.74 Å². The first-order valence-electron chi connectivity index (χ1n) is 6.64. The number of hydrogen-bond donors (Lipinski definition) is 1. The summed E-state index contributed by atoms with van der Waals surface area (Å²) >= 11 is 0. The van der Waals surface area contributed by atoms with Gasteiger partial charge in [-0.15, -0.1) is 0 Å². The topological polar surface area (TPSA) is 64.3 Å². The van der Waals surface area contributed by atoms with Crippen LogP contribution in [-0.2, 0) is 4.74 Å². The molecule has 1 saturated heterocycles. The molecule has 1 fully saturated rings.